The minimum absolute atomic E-state index is 0.106. The largest absolute Gasteiger partial charge is 0.490 e. The van der Waals surface area contributed by atoms with Crippen LogP contribution < -0.4 is 4.74 Å². The Balaban J connectivity index is 1.28. The van der Waals surface area contributed by atoms with Crippen LogP contribution in [0.3, 0.4) is 0 Å². The van der Waals surface area contributed by atoms with E-state index in [1.807, 2.05) is 24.0 Å². The average molecular weight is 471 g/mol. The van der Waals surface area contributed by atoms with Gasteiger partial charge in [0.25, 0.3) is 0 Å². The third-order valence-electron chi connectivity index (χ3n) is 6.85. The van der Waals surface area contributed by atoms with E-state index < -0.39 is 10.0 Å². The van der Waals surface area contributed by atoms with Gasteiger partial charge in [-0.05, 0) is 62.9 Å². The molecule has 33 heavy (non-hydrogen) atoms. The fourth-order valence-electron chi connectivity index (χ4n) is 4.67. The molecule has 2 aliphatic rings. The predicted molar refractivity (Wildman–Crippen MR) is 129 cm³/mol. The molecule has 2 fully saturated rings. The third-order valence-corrected chi connectivity index (χ3v) is 8.77. The number of sulfonamides is 1. The third kappa shape index (κ3) is 5.41. The molecular formula is C26H34N2O4S. The van der Waals surface area contributed by atoms with Crippen molar-refractivity contribution in [1.82, 2.24) is 9.21 Å². The summed E-state index contributed by atoms with van der Waals surface area (Å²) in [5.41, 5.74) is 3.34. The van der Waals surface area contributed by atoms with Crippen LogP contribution in [0.4, 0.5) is 0 Å². The van der Waals surface area contributed by atoms with Crippen LogP contribution in [0.2, 0.25) is 0 Å². The summed E-state index contributed by atoms with van der Waals surface area (Å²) in [6, 6.07) is 13.2. The molecule has 0 aromatic heterocycles. The molecule has 2 aromatic carbocycles. The number of benzene rings is 2. The lowest BCUT2D eigenvalue weighted by Gasteiger charge is -2.37. The van der Waals surface area contributed by atoms with E-state index in [9.17, 15) is 13.2 Å². The van der Waals surface area contributed by atoms with Crippen molar-refractivity contribution in [1.29, 1.82) is 0 Å². The summed E-state index contributed by atoms with van der Waals surface area (Å²) in [6.07, 6.45) is 2.90. The maximum Gasteiger partial charge on any atom is 0.243 e. The van der Waals surface area contributed by atoms with E-state index in [4.69, 9.17) is 4.74 Å². The quantitative estimate of drug-likeness (QED) is 0.660. The van der Waals surface area contributed by atoms with Crippen LogP contribution in [0.15, 0.2) is 47.4 Å². The molecule has 1 amide bonds. The summed E-state index contributed by atoms with van der Waals surface area (Å²) in [4.78, 5) is 15.4. The van der Waals surface area contributed by atoms with E-state index in [1.165, 1.54) is 9.87 Å². The number of ether oxygens (including phenoxy) is 1. The Hall–Kier alpha value is -2.38. The molecule has 0 N–H and O–H groups in total. The van der Waals surface area contributed by atoms with Crippen LogP contribution in [0, 0.1) is 26.7 Å². The summed E-state index contributed by atoms with van der Waals surface area (Å²) < 4.78 is 33.6. The Morgan fingerprint density at radius 3 is 2.09 bits per heavy atom. The summed E-state index contributed by atoms with van der Waals surface area (Å²) in [5.74, 6) is 0.987. The molecule has 4 rings (SSSR count). The molecule has 0 radical (unpaired) electrons. The van der Waals surface area contributed by atoms with Gasteiger partial charge in [0.05, 0.1) is 4.90 Å². The van der Waals surface area contributed by atoms with Gasteiger partial charge in [0, 0.05) is 44.9 Å². The van der Waals surface area contributed by atoms with Gasteiger partial charge in [-0.3, -0.25) is 4.79 Å². The Labute approximate surface area is 197 Å². The van der Waals surface area contributed by atoms with E-state index in [0.717, 1.165) is 29.7 Å². The van der Waals surface area contributed by atoms with E-state index in [-0.39, 0.29) is 17.9 Å². The summed E-state index contributed by atoms with van der Waals surface area (Å²) in [6.45, 7) is 8.21. The number of likely N-dealkylation sites (tertiary alicyclic amines) is 1. The van der Waals surface area contributed by atoms with Gasteiger partial charge in [0.15, 0.2) is 0 Å². The number of rotatable bonds is 5. The maximum absolute atomic E-state index is 13.1. The van der Waals surface area contributed by atoms with Crippen molar-refractivity contribution in [3.05, 3.63) is 59.2 Å². The van der Waals surface area contributed by atoms with Crippen LogP contribution in [-0.2, 0) is 14.8 Å². The van der Waals surface area contributed by atoms with Gasteiger partial charge in [-0.15, -0.1) is 0 Å². The molecule has 7 heteroatoms. The first-order valence-electron chi connectivity index (χ1n) is 11.8. The minimum Gasteiger partial charge on any atom is -0.490 e. The van der Waals surface area contributed by atoms with E-state index in [0.29, 0.717) is 43.9 Å². The van der Waals surface area contributed by atoms with Gasteiger partial charge >= 0.3 is 0 Å². The molecule has 2 saturated heterocycles. The number of piperidine rings is 2. The predicted octanol–water partition coefficient (Wildman–Crippen LogP) is 4.08. The van der Waals surface area contributed by atoms with Crippen LogP contribution in [0.5, 0.6) is 5.75 Å². The maximum atomic E-state index is 13.1. The highest BCUT2D eigenvalue weighted by atomic mass is 32.2. The van der Waals surface area contributed by atoms with Crippen molar-refractivity contribution in [2.45, 2.75) is 57.5 Å². The van der Waals surface area contributed by atoms with Crippen molar-refractivity contribution < 1.29 is 17.9 Å². The second kappa shape index (κ2) is 9.85. The molecular weight excluding hydrogens is 436 g/mol. The summed E-state index contributed by atoms with van der Waals surface area (Å²) >= 11 is 0. The van der Waals surface area contributed by atoms with Gasteiger partial charge in [0.1, 0.15) is 11.9 Å². The second-order valence-electron chi connectivity index (χ2n) is 9.40. The molecule has 6 nitrogen and oxygen atoms in total. The lowest BCUT2D eigenvalue weighted by Crippen LogP contribution is -2.47. The van der Waals surface area contributed by atoms with E-state index >= 15 is 0 Å². The molecule has 178 valence electrons. The van der Waals surface area contributed by atoms with Gasteiger partial charge in [-0.2, -0.15) is 4.31 Å². The smallest absolute Gasteiger partial charge is 0.243 e. The topological polar surface area (TPSA) is 66.9 Å². The van der Waals surface area contributed by atoms with Crippen molar-refractivity contribution in [3.8, 4) is 5.75 Å². The Kier molecular flexibility index (Phi) is 7.10. The zero-order valence-electron chi connectivity index (χ0n) is 19.8. The summed E-state index contributed by atoms with van der Waals surface area (Å²) in [7, 11) is -3.50. The highest BCUT2D eigenvalue weighted by Crippen LogP contribution is 2.28. The zero-order valence-corrected chi connectivity index (χ0v) is 20.6. The van der Waals surface area contributed by atoms with Crippen molar-refractivity contribution in [3.63, 3.8) is 0 Å². The highest BCUT2D eigenvalue weighted by Gasteiger charge is 2.35. The minimum atomic E-state index is -3.50. The summed E-state index contributed by atoms with van der Waals surface area (Å²) in [5, 5.41) is 0. The Morgan fingerprint density at radius 1 is 0.848 bits per heavy atom. The average Bonchev–Trinajstić information content (AvgIpc) is 2.82. The molecule has 0 bridgehead atoms. The first kappa shape index (κ1) is 23.8. The zero-order chi connectivity index (χ0) is 23.6. The van der Waals surface area contributed by atoms with E-state index in [1.54, 1.807) is 12.1 Å². The number of amides is 1. The molecule has 2 aromatic rings. The molecule has 0 spiro atoms. The van der Waals surface area contributed by atoms with Crippen LogP contribution in [-0.4, -0.2) is 55.8 Å². The lowest BCUT2D eigenvalue weighted by atomic mass is 9.95. The van der Waals surface area contributed by atoms with Crippen LogP contribution in [0.25, 0.3) is 0 Å². The van der Waals surface area contributed by atoms with Gasteiger partial charge < -0.3 is 9.64 Å². The van der Waals surface area contributed by atoms with Crippen molar-refractivity contribution >= 4 is 15.9 Å². The van der Waals surface area contributed by atoms with Gasteiger partial charge in [-0.1, -0.05) is 29.8 Å². The van der Waals surface area contributed by atoms with Gasteiger partial charge in [0.2, 0.25) is 15.9 Å². The molecule has 2 aliphatic heterocycles. The normalized spacial score (nSPS) is 18.9. The SMILES string of the molecule is Cc1ccc(S(=O)(=O)N2CCC(C(=O)N3CCC(Oc4cc(C)ccc4C)CC3)CC2)cc1. The molecule has 0 unspecified atom stereocenters. The molecule has 0 aliphatic carbocycles. The number of hydrogen-bond donors (Lipinski definition) is 0. The Morgan fingerprint density at radius 2 is 1.45 bits per heavy atom. The number of nitrogens with zero attached hydrogens (tertiary/aromatic N) is 2. The monoisotopic (exact) mass is 470 g/mol. The molecule has 0 saturated carbocycles. The number of hydrogen-bond acceptors (Lipinski definition) is 4. The number of aryl methyl sites for hydroxylation is 3. The number of carbonyl (C=O) groups excluding carboxylic acids is 1. The fourth-order valence-corrected chi connectivity index (χ4v) is 6.14. The van der Waals surface area contributed by atoms with Crippen LogP contribution in [0.1, 0.15) is 42.4 Å². The lowest BCUT2D eigenvalue weighted by molar-refractivity contribution is -0.138. The van der Waals surface area contributed by atoms with Crippen molar-refractivity contribution in [2.24, 2.45) is 5.92 Å². The number of carbonyl (C=O) groups is 1. The second-order valence-corrected chi connectivity index (χ2v) is 11.3. The van der Waals surface area contributed by atoms with E-state index in [2.05, 4.69) is 32.0 Å². The molecule has 0 atom stereocenters. The van der Waals surface area contributed by atoms with Crippen LogP contribution >= 0.6 is 0 Å². The van der Waals surface area contributed by atoms with Crippen molar-refractivity contribution in [2.75, 3.05) is 26.2 Å². The van der Waals surface area contributed by atoms with Gasteiger partial charge in [-0.25, -0.2) is 8.42 Å². The first-order chi connectivity index (χ1) is 15.7. The first-order valence-corrected chi connectivity index (χ1v) is 13.3. The fraction of sp³-hybridized carbons (Fsp3) is 0.500. The highest BCUT2D eigenvalue weighted by molar-refractivity contribution is 7.89. The molecule has 2 heterocycles. The standard InChI is InChI=1S/C26H34N2O4S/c1-19-5-8-24(9-6-19)33(30,31)28-16-10-22(11-17-28)26(29)27-14-12-23(13-15-27)32-25-18-20(2)4-7-21(25)3/h4-9,18,22-23H,10-17H2,1-3H3. The Bertz CT molecular complexity index is 1080.